The average Bonchev–Trinajstić information content (AvgIpc) is 2.16. The van der Waals surface area contributed by atoms with E-state index in [1.807, 2.05) is 0 Å². The summed E-state index contributed by atoms with van der Waals surface area (Å²) in [7, 11) is 0. The third kappa shape index (κ3) is 3.53. The van der Waals surface area contributed by atoms with Crippen LogP contribution in [0.15, 0.2) is 11.6 Å². The summed E-state index contributed by atoms with van der Waals surface area (Å²) < 4.78 is 0. The second-order valence-electron chi connectivity index (χ2n) is 3.61. The minimum absolute atomic E-state index is 0.0512. The van der Waals surface area contributed by atoms with Crippen LogP contribution < -0.4 is 0 Å². The van der Waals surface area contributed by atoms with Gasteiger partial charge in [-0.05, 0) is 37.8 Å². The Kier molecular flexibility index (Phi) is 3.87. The molecular weight excluding hydrogens is 164 g/mol. The van der Waals surface area contributed by atoms with Gasteiger partial charge in [0.15, 0.2) is 11.6 Å². The Hall–Kier alpha value is -0.920. The van der Waals surface area contributed by atoms with Gasteiger partial charge >= 0.3 is 0 Å². The summed E-state index contributed by atoms with van der Waals surface area (Å²) >= 11 is 0. The van der Waals surface area contributed by atoms with Crippen molar-refractivity contribution in [3.63, 3.8) is 0 Å². The topological polar surface area (TPSA) is 34.1 Å². The lowest BCUT2D eigenvalue weighted by atomic mass is 10.0. The van der Waals surface area contributed by atoms with Crippen molar-refractivity contribution in [2.24, 2.45) is 0 Å². The number of hydrogen-bond donors (Lipinski definition) is 0. The molecule has 0 atom stereocenters. The Bertz CT molecular complexity index is 238. The number of ketones is 2. The van der Waals surface area contributed by atoms with Gasteiger partial charge in [0.25, 0.3) is 0 Å². The third-order valence-electron chi connectivity index (χ3n) is 2.41. The molecule has 72 valence electrons. The maximum Gasteiger partial charge on any atom is 0.156 e. The molecule has 0 saturated carbocycles. The second-order valence-corrected chi connectivity index (χ2v) is 3.61. The molecule has 0 spiro atoms. The van der Waals surface area contributed by atoms with Gasteiger partial charge in [-0.1, -0.05) is 12.8 Å². The lowest BCUT2D eigenvalue weighted by Crippen LogP contribution is -2.00. The fourth-order valence-electron chi connectivity index (χ4n) is 1.58. The smallest absolute Gasteiger partial charge is 0.156 e. The van der Waals surface area contributed by atoms with E-state index in [4.69, 9.17) is 0 Å². The summed E-state index contributed by atoms with van der Waals surface area (Å²) in [6.07, 6.45) is 7.20. The second kappa shape index (κ2) is 4.95. The van der Waals surface area contributed by atoms with E-state index in [9.17, 15) is 9.59 Å². The summed E-state index contributed by atoms with van der Waals surface area (Å²) in [4.78, 5) is 22.4. The van der Waals surface area contributed by atoms with Gasteiger partial charge in [0.2, 0.25) is 0 Å². The molecule has 1 aliphatic rings. The van der Waals surface area contributed by atoms with Gasteiger partial charge in [-0.2, -0.15) is 0 Å². The van der Waals surface area contributed by atoms with Crippen molar-refractivity contribution in [1.82, 2.24) is 0 Å². The molecule has 0 aromatic rings. The molecule has 0 bridgehead atoms. The number of rotatable bonds is 1. The van der Waals surface area contributed by atoms with Crippen molar-refractivity contribution in [2.75, 3.05) is 0 Å². The standard InChI is InChI=1S/C11H16O2/c1-9(12)10-6-4-2-3-5-7-11(13)8-10/h8H,2-7H2,1H3/b10-8+. The lowest BCUT2D eigenvalue weighted by Gasteiger charge is -2.00. The van der Waals surface area contributed by atoms with Gasteiger partial charge in [0.05, 0.1) is 0 Å². The van der Waals surface area contributed by atoms with E-state index < -0.39 is 0 Å². The van der Waals surface area contributed by atoms with Crippen molar-refractivity contribution in [3.05, 3.63) is 11.6 Å². The lowest BCUT2D eigenvalue weighted by molar-refractivity contribution is -0.116. The first-order chi connectivity index (χ1) is 6.20. The van der Waals surface area contributed by atoms with E-state index in [0.29, 0.717) is 12.0 Å². The zero-order chi connectivity index (χ0) is 9.68. The quantitative estimate of drug-likeness (QED) is 0.621. The zero-order valence-corrected chi connectivity index (χ0v) is 8.14. The van der Waals surface area contributed by atoms with Gasteiger partial charge in [-0.15, -0.1) is 0 Å². The Morgan fingerprint density at radius 2 is 1.77 bits per heavy atom. The molecule has 0 aromatic carbocycles. The molecule has 0 saturated heterocycles. The van der Waals surface area contributed by atoms with E-state index in [0.717, 1.165) is 32.1 Å². The molecule has 0 fully saturated rings. The van der Waals surface area contributed by atoms with Crippen LogP contribution in [0.4, 0.5) is 0 Å². The molecule has 0 amide bonds. The van der Waals surface area contributed by atoms with Crippen LogP contribution in [0, 0.1) is 0 Å². The van der Waals surface area contributed by atoms with E-state index in [1.165, 1.54) is 6.92 Å². The number of Topliss-reactive ketones (excluding diaryl/α,β-unsaturated/α-hetero) is 1. The van der Waals surface area contributed by atoms with Gasteiger partial charge in [-0.3, -0.25) is 9.59 Å². The van der Waals surface area contributed by atoms with Crippen molar-refractivity contribution in [1.29, 1.82) is 0 Å². The van der Waals surface area contributed by atoms with Crippen LogP contribution in [0.2, 0.25) is 0 Å². The minimum atomic E-state index is 0.0512. The molecule has 1 aliphatic carbocycles. The molecule has 0 radical (unpaired) electrons. The van der Waals surface area contributed by atoms with Gasteiger partial charge in [-0.25, -0.2) is 0 Å². The van der Waals surface area contributed by atoms with Crippen LogP contribution in [-0.2, 0) is 9.59 Å². The Morgan fingerprint density at radius 1 is 1.15 bits per heavy atom. The Labute approximate surface area is 79.0 Å². The molecular formula is C11H16O2. The highest BCUT2D eigenvalue weighted by atomic mass is 16.1. The summed E-state index contributed by atoms with van der Waals surface area (Å²) in [5.41, 5.74) is 0.715. The van der Waals surface area contributed by atoms with E-state index in [-0.39, 0.29) is 11.6 Å². The van der Waals surface area contributed by atoms with Crippen LogP contribution in [0.1, 0.15) is 45.4 Å². The number of carbonyl (C=O) groups is 2. The van der Waals surface area contributed by atoms with Crippen LogP contribution in [0.5, 0.6) is 0 Å². The minimum Gasteiger partial charge on any atom is -0.295 e. The van der Waals surface area contributed by atoms with E-state index in [1.54, 1.807) is 6.08 Å². The van der Waals surface area contributed by atoms with Crippen LogP contribution >= 0.6 is 0 Å². The van der Waals surface area contributed by atoms with Crippen molar-refractivity contribution in [3.8, 4) is 0 Å². The molecule has 0 aliphatic heterocycles. The largest absolute Gasteiger partial charge is 0.295 e. The first kappa shape index (κ1) is 10.2. The summed E-state index contributed by atoms with van der Waals surface area (Å²) in [6, 6.07) is 0. The summed E-state index contributed by atoms with van der Waals surface area (Å²) in [6.45, 7) is 1.54. The van der Waals surface area contributed by atoms with Crippen molar-refractivity contribution in [2.45, 2.75) is 45.4 Å². The van der Waals surface area contributed by atoms with Crippen molar-refractivity contribution < 1.29 is 9.59 Å². The van der Waals surface area contributed by atoms with Gasteiger partial charge in [0.1, 0.15) is 0 Å². The first-order valence-corrected chi connectivity index (χ1v) is 4.94. The molecule has 2 heteroatoms. The number of carbonyl (C=O) groups excluding carboxylic acids is 2. The fourth-order valence-corrected chi connectivity index (χ4v) is 1.58. The SMILES string of the molecule is CC(=O)/C1=C/C(=O)CCCCCC1. The Balaban J connectivity index is 2.69. The predicted octanol–water partition coefficient (Wildman–Crippen LogP) is 2.43. The number of allylic oxidation sites excluding steroid dienone is 2. The van der Waals surface area contributed by atoms with Crippen LogP contribution in [0.3, 0.4) is 0 Å². The monoisotopic (exact) mass is 180 g/mol. The number of hydrogen-bond acceptors (Lipinski definition) is 2. The molecule has 0 heterocycles. The predicted molar refractivity (Wildman–Crippen MR) is 51.5 cm³/mol. The molecule has 0 unspecified atom stereocenters. The molecule has 0 N–H and O–H groups in total. The molecule has 2 nitrogen and oxygen atoms in total. The van der Waals surface area contributed by atoms with E-state index in [2.05, 4.69) is 0 Å². The summed E-state index contributed by atoms with van der Waals surface area (Å²) in [5.74, 6) is 0.169. The third-order valence-corrected chi connectivity index (χ3v) is 2.41. The average molecular weight is 180 g/mol. The highest BCUT2D eigenvalue weighted by Gasteiger charge is 2.09. The van der Waals surface area contributed by atoms with Gasteiger partial charge < -0.3 is 0 Å². The molecule has 0 aromatic heterocycles. The molecule has 1 rings (SSSR count). The van der Waals surface area contributed by atoms with Crippen molar-refractivity contribution >= 4 is 11.6 Å². The zero-order valence-electron chi connectivity index (χ0n) is 8.14. The normalized spacial score (nSPS) is 23.8. The molecule has 13 heavy (non-hydrogen) atoms. The van der Waals surface area contributed by atoms with E-state index >= 15 is 0 Å². The highest BCUT2D eigenvalue weighted by molar-refractivity contribution is 6.01. The highest BCUT2D eigenvalue weighted by Crippen LogP contribution is 2.15. The fraction of sp³-hybridized carbons (Fsp3) is 0.636. The Morgan fingerprint density at radius 3 is 2.38 bits per heavy atom. The van der Waals surface area contributed by atoms with Gasteiger partial charge in [0, 0.05) is 6.42 Å². The van der Waals surface area contributed by atoms with Crippen LogP contribution in [-0.4, -0.2) is 11.6 Å². The maximum atomic E-state index is 11.3. The van der Waals surface area contributed by atoms with Crippen LogP contribution in [0.25, 0.3) is 0 Å². The maximum absolute atomic E-state index is 11.3. The summed E-state index contributed by atoms with van der Waals surface area (Å²) in [5, 5.41) is 0. The first-order valence-electron chi connectivity index (χ1n) is 4.94.